The van der Waals surface area contributed by atoms with Crippen LogP contribution in [0.4, 0.5) is 0 Å². The molecule has 2 aromatic rings. The maximum Gasteiger partial charge on any atom is 0.253 e. The van der Waals surface area contributed by atoms with Gasteiger partial charge in [-0.1, -0.05) is 57.2 Å². The first kappa shape index (κ1) is 21.1. The zero-order valence-electron chi connectivity index (χ0n) is 18.0. The fraction of sp³-hybridized carbons (Fsp3) is 0.440. The van der Waals surface area contributed by atoms with Crippen LogP contribution in [0.5, 0.6) is 0 Å². The molecule has 1 aliphatic rings. The maximum atomic E-state index is 12.8. The molecule has 29 heavy (non-hydrogen) atoms. The van der Waals surface area contributed by atoms with Crippen molar-refractivity contribution < 1.29 is 9.59 Å². The third-order valence-corrected chi connectivity index (χ3v) is 5.87. The van der Waals surface area contributed by atoms with E-state index < -0.39 is 0 Å². The van der Waals surface area contributed by atoms with E-state index >= 15 is 0 Å². The zero-order valence-corrected chi connectivity index (χ0v) is 18.0. The van der Waals surface area contributed by atoms with Gasteiger partial charge in [0.05, 0.1) is 0 Å². The molecule has 4 heteroatoms. The van der Waals surface area contributed by atoms with Crippen molar-refractivity contribution >= 4 is 11.8 Å². The summed E-state index contributed by atoms with van der Waals surface area (Å²) < 4.78 is 0. The van der Waals surface area contributed by atoms with E-state index in [0.29, 0.717) is 32.5 Å². The van der Waals surface area contributed by atoms with Gasteiger partial charge < -0.3 is 10.2 Å². The molecule has 0 atom stereocenters. The SMILES string of the molecule is Cc1ccccc1CNC(=O)C1CCN(C(=O)c2ccc(C(C)(C)C)cc2)CC1. The second kappa shape index (κ2) is 8.81. The quantitative estimate of drug-likeness (QED) is 0.835. The molecular weight excluding hydrogens is 360 g/mol. The lowest BCUT2D eigenvalue weighted by Gasteiger charge is -2.31. The minimum absolute atomic E-state index is 0.0219. The van der Waals surface area contributed by atoms with Gasteiger partial charge in [-0.2, -0.15) is 0 Å². The Morgan fingerprint density at radius 1 is 1.00 bits per heavy atom. The van der Waals surface area contributed by atoms with Gasteiger partial charge in [0.2, 0.25) is 5.91 Å². The molecule has 0 aromatic heterocycles. The molecule has 1 N–H and O–H groups in total. The fourth-order valence-corrected chi connectivity index (χ4v) is 3.78. The Balaban J connectivity index is 1.51. The fourth-order valence-electron chi connectivity index (χ4n) is 3.78. The number of rotatable bonds is 4. The Hall–Kier alpha value is -2.62. The summed E-state index contributed by atoms with van der Waals surface area (Å²) in [6.45, 7) is 10.4. The molecule has 2 aromatic carbocycles. The first-order chi connectivity index (χ1) is 13.8. The number of piperidine rings is 1. The van der Waals surface area contributed by atoms with Crippen LogP contribution in [0, 0.1) is 12.8 Å². The second-order valence-electron chi connectivity index (χ2n) is 9.04. The van der Waals surface area contributed by atoms with Crippen LogP contribution in [0.3, 0.4) is 0 Å². The van der Waals surface area contributed by atoms with Gasteiger partial charge in [0, 0.05) is 31.1 Å². The molecule has 1 saturated heterocycles. The topological polar surface area (TPSA) is 49.4 Å². The summed E-state index contributed by atoms with van der Waals surface area (Å²) in [6, 6.07) is 16.0. The molecule has 2 amide bonds. The average Bonchev–Trinajstić information content (AvgIpc) is 2.72. The van der Waals surface area contributed by atoms with Crippen molar-refractivity contribution in [3.63, 3.8) is 0 Å². The molecule has 1 fully saturated rings. The number of nitrogens with zero attached hydrogens (tertiary/aromatic N) is 1. The molecule has 1 heterocycles. The second-order valence-corrected chi connectivity index (χ2v) is 9.04. The number of amides is 2. The lowest BCUT2D eigenvalue weighted by molar-refractivity contribution is -0.126. The van der Waals surface area contributed by atoms with Crippen LogP contribution in [0.1, 0.15) is 60.7 Å². The van der Waals surface area contributed by atoms with E-state index in [4.69, 9.17) is 0 Å². The van der Waals surface area contributed by atoms with E-state index in [-0.39, 0.29) is 23.1 Å². The van der Waals surface area contributed by atoms with Crippen LogP contribution >= 0.6 is 0 Å². The van der Waals surface area contributed by atoms with Crippen molar-refractivity contribution in [1.29, 1.82) is 0 Å². The largest absolute Gasteiger partial charge is 0.352 e. The Kier molecular flexibility index (Phi) is 6.41. The van der Waals surface area contributed by atoms with Gasteiger partial charge in [-0.3, -0.25) is 9.59 Å². The number of nitrogens with one attached hydrogen (secondary N) is 1. The summed E-state index contributed by atoms with van der Waals surface area (Å²) in [7, 11) is 0. The smallest absolute Gasteiger partial charge is 0.253 e. The third-order valence-electron chi connectivity index (χ3n) is 5.87. The molecule has 0 bridgehead atoms. The highest BCUT2D eigenvalue weighted by Crippen LogP contribution is 2.24. The van der Waals surface area contributed by atoms with Gasteiger partial charge in [0.15, 0.2) is 0 Å². The molecule has 1 aliphatic heterocycles. The Morgan fingerprint density at radius 2 is 1.62 bits per heavy atom. The first-order valence-electron chi connectivity index (χ1n) is 10.5. The van der Waals surface area contributed by atoms with Crippen molar-refractivity contribution in [2.24, 2.45) is 5.92 Å². The standard InChI is InChI=1S/C25H32N2O2/c1-18-7-5-6-8-21(18)17-26-23(28)19-13-15-27(16-14-19)24(29)20-9-11-22(12-10-20)25(2,3)4/h5-12,19H,13-17H2,1-4H3,(H,26,28). The van der Waals surface area contributed by atoms with E-state index in [0.717, 1.165) is 11.1 Å². The van der Waals surface area contributed by atoms with E-state index in [1.165, 1.54) is 11.1 Å². The van der Waals surface area contributed by atoms with Crippen molar-refractivity contribution in [3.05, 3.63) is 70.8 Å². The summed E-state index contributed by atoms with van der Waals surface area (Å²) >= 11 is 0. The van der Waals surface area contributed by atoms with Gasteiger partial charge in [0.1, 0.15) is 0 Å². The van der Waals surface area contributed by atoms with Crippen molar-refractivity contribution in [2.75, 3.05) is 13.1 Å². The number of hydrogen-bond donors (Lipinski definition) is 1. The summed E-state index contributed by atoms with van der Waals surface area (Å²) in [5.41, 5.74) is 4.35. The lowest BCUT2D eigenvalue weighted by atomic mass is 9.86. The van der Waals surface area contributed by atoms with E-state index in [1.54, 1.807) is 0 Å². The minimum atomic E-state index is -0.0219. The minimum Gasteiger partial charge on any atom is -0.352 e. The van der Waals surface area contributed by atoms with Crippen LogP contribution in [0.15, 0.2) is 48.5 Å². The van der Waals surface area contributed by atoms with Gasteiger partial charge in [-0.25, -0.2) is 0 Å². The third kappa shape index (κ3) is 5.26. The Bertz CT molecular complexity index is 857. The monoisotopic (exact) mass is 392 g/mol. The molecule has 0 radical (unpaired) electrons. The summed E-state index contributed by atoms with van der Waals surface area (Å²) in [5.74, 6) is 0.130. The molecule has 4 nitrogen and oxygen atoms in total. The van der Waals surface area contributed by atoms with E-state index in [2.05, 4.69) is 39.1 Å². The van der Waals surface area contributed by atoms with E-state index in [1.807, 2.05) is 47.4 Å². The van der Waals surface area contributed by atoms with Crippen LogP contribution < -0.4 is 5.32 Å². The molecule has 0 unspecified atom stereocenters. The molecule has 0 aliphatic carbocycles. The number of hydrogen-bond acceptors (Lipinski definition) is 2. The number of carbonyl (C=O) groups excluding carboxylic acids is 2. The predicted octanol–water partition coefficient (Wildman–Crippen LogP) is 4.46. The highest BCUT2D eigenvalue weighted by atomic mass is 16.2. The van der Waals surface area contributed by atoms with Crippen LogP contribution in [-0.4, -0.2) is 29.8 Å². The summed E-state index contributed by atoms with van der Waals surface area (Å²) in [5, 5.41) is 3.06. The van der Waals surface area contributed by atoms with Crippen molar-refractivity contribution in [3.8, 4) is 0 Å². The number of likely N-dealkylation sites (tertiary alicyclic amines) is 1. The Morgan fingerprint density at radius 3 is 2.21 bits per heavy atom. The number of carbonyl (C=O) groups is 2. The van der Waals surface area contributed by atoms with Gasteiger partial charge >= 0.3 is 0 Å². The van der Waals surface area contributed by atoms with Crippen LogP contribution in [-0.2, 0) is 16.8 Å². The highest BCUT2D eigenvalue weighted by molar-refractivity contribution is 5.94. The highest BCUT2D eigenvalue weighted by Gasteiger charge is 2.28. The van der Waals surface area contributed by atoms with Gasteiger partial charge in [0.25, 0.3) is 5.91 Å². The average molecular weight is 393 g/mol. The normalized spacial score (nSPS) is 15.2. The summed E-state index contributed by atoms with van der Waals surface area (Å²) in [6.07, 6.45) is 1.43. The predicted molar refractivity (Wildman–Crippen MR) is 117 cm³/mol. The van der Waals surface area contributed by atoms with Gasteiger partial charge in [-0.15, -0.1) is 0 Å². The van der Waals surface area contributed by atoms with E-state index in [9.17, 15) is 9.59 Å². The van der Waals surface area contributed by atoms with Crippen LogP contribution in [0.2, 0.25) is 0 Å². The number of aryl methyl sites for hydroxylation is 1. The number of benzene rings is 2. The maximum absolute atomic E-state index is 12.8. The van der Waals surface area contributed by atoms with Crippen molar-refractivity contribution in [1.82, 2.24) is 10.2 Å². The Labute approximate surface area is 174 Å². The molecule has 0 saturated carbocycles. The lowest BCUT2D eigenvalue weighted by Crippen LogP contribution is -2.43. The molecular formula is C25H32N2O2. The molecule has 3 rings (SSSR count). The molecule has 154 valence electrons. The zero-order chi connectivity index (χ0) is 21.0. The van der Waals surface area contributed by atoms with Crippen molar-refractivity contribution in [2.45, 2.75) is 52.5 Å². The van der Waals surface area contributed by atoms with Gasteiger partial charge in [-0.05, 0) is 54.0 Å². The summed E-state index contributed by atoms with van der Waals surface area (Å²) in [4.78, 5) is 27.2. The molecule has 0 spiro atoms. The van der Waals surface area contributed by atoms with Crippen LogP contribution in [0.25, 0.3) is 0 Å². The first-order valence-corrected chi connectivity index (χ1v) is 10.5.